The summed E-state index contributed by atoms with van der Waals surface area (Å²) in [4.78, 5) is 22.0. The van der Waals surface area contributed by atoms with E-state index in [0.717, 1.165) is 0 Å². The zero-order chi connectivity index (χ0) is 9.35. The van der Waals surface area contributed by atoms with Gasteiger partial charge < -0.3 is 14.9 Å². The molecule has 5 nitrogen and oxygen atoms in total. The summed E-state index contributed by atoms with van der Waals surface area (Å²) in [6.45, 7) is 2.92. The third-order valence-corrected chi connectivity index (χ3v) is 1.37. The maximum atomic E-state index is 11.0. The first-order chi connectivity index (χ1) is 5.46. The Hall–Kier alpha value is -1.39. The summed E-state index contributed by atoms with van der Waals surface area (Å²) < 4.78 is 9.43. The molecule has 0 aromatic rings. The molecule has 0 aromatic heterocycles. The van der Waals surface area contributed by atoms with Crippen LogP contribution in [0.25, 0.3) is 0 Å². The molecule has 12 heavy (non-hydrogen) atoms. The second-order valence-corrected chi connectivity index (χ2v) is 2.89. The third kappa shape index (κ3) is 1.44. The Morgan fingerprint density at radius 1 is 1.33 bits per heavy atom. The summed E-state index contributed by atoms with van der Waals surface area (Å²) in [6, 6.07) is 0. The van der Waals surface area contributed by atoms with Crippen molar-refractivity contribution in [2.45, 2.75) is 19.6 Å². The maximum absolute atomic E-state index is 11.0. The number of rotatable bonds is 1. The van der Waals surface area contributed by atoms with Gasteiger partial charge >= 0.3 is 11.9 Å². The van der Waals surface area contributed by atoms with Crippen LogP contribution >= 0.6 is 0 Å². The summed E-state index contributed by atoms with van der Waals surface area (Å²) in [5, 5.41) is 6.76. The van der Waals surface area contributed by atoms with Crippen LogP contribution in [-0.2, 0) is 19.1 Å². The summed E-state index contributed by atoms with van der Waals surface area (Å²) >= 11 is 0. The molecule has 5 heteroatoms. The molecular weight excluding hydrogens is 162 g/mol. The molecule has 1 N–H and O–H groups in total. The van der Waals surface area contributed by atoms with Crippen LogP contribution in [0.5, 0.6) is 0 Å². The zero-order valence-corrected chi connectivity index (χ0v) is 6.79. The van der Waals surface area contributed by atoms with E-state index in [1.807, 2.05) is 0 Å². The molecule has 1 saturated heterocycles. The molecule has 0 saturated carbocycles. The SMILES string of the molecule is CC1(C)OC(=O)C(C=N)C(=O)O1. The summed E-state index contributed by atoms with van der Waals surface area (Å²) in [5.41, 5.74) is 0. The first kappa shape index (κ1) is 8.70. The molecule has 0 unspecified atom stereocenters. The van der Waals surface area contributed by atoms with E-state index in [9.17, 15) is 9.59 Å². The van der Waals surface area contributed by atoms with Gasteiger partial charge in [-0.05, 0) is 0 Å². The monoisotopic (exact) mass is 171 g/mol. The van der Waals surface area contributed by atoms with Gasteiger partial charge in [0.1, 0.15) is 0 Å². The molecule has 0 aromatic carbocycles. The minimum absolute atomic E-state index is 0.708. The van der Waals surface area contributed by atoms with Crippen LogP contribution in [0.4, 0.5) is 0 Å². The Kier molecular flexibility index (Phi) is 1.87. The predicted molar refractivity (Wildman–Crippen MR) is 38.5 cm³/mol. The average molecular weight is 171 g/mol. The van der Waals surface area contributed by atoms with Gasteiger partial charge in [0, 0.05) is 20.1 Å². The summed E-state index contributed by atoms with van der Waals surface area (Å²) in [6.07, 6.45) is 0.708. The highest BCUT2D eigenvalue weighted by atomic mass is 16.7. The van der Waals surface area contributed by atoms with Gasteiger partial charge in [-0.25, -0.2) is 0 Å². The number of nitrogens with one attached hydrogen (secondary N) is 1. The highest BCUT2D eigenvalue weighted by Gasteiger charge is 2.41. The van der Waals surface area contributed by atoms with E-state index in [-0.39, 0.29) is 0 Å². The van der Waals surface area contributed by atoms with E-state index in [0.29, 0.717) is 6.21 Å². The number of carbonyl (C=O) groups is 2. The van der Waals surface area contributed by atoms with Crippen LogP contribution in [0.1, 0.15) is 13.8 Å². The minimum atomic E-state index is -1.20. The fourth-order valence-electron chi connectivity index (χ4n) is 0.865. The number of ether oxygens (including phenoxy) is 2. The molecule has 66 valence electrons. The predicted octanol–water partition coefficient (Wildman–Crippen LogP) is 0.0883. The molecular formula is C7H9NO4. The highest BCUT2D eigenvalue weighted by molar-refractivity contribution is 6.09. The van der Waals surface area contributed by atoms with Crippen molar-refractivity contribution in [2.75, 3.05) is 0 Å². The van der Waals surface area contributed by atoms with E-state index < -0.39 is 23.6 Å². The van der Waals surface area contributed by atoms with E-state index in [4.69, 9.17) is 14.9 Å². The molecule has 0 bridgehead atoms. The quantitative estimate of drug-likeness (QED) is 0.344. The molecule has 0 spiro atoms. The highest BCUT2D eigenvalue weighted by Crippen LogP contribution is 2.21. The van der Waals surface area contributed by atoms with Crippen LogP contribution < -0.4 is 0 Å². The van der Waals surface area contributed by atoms with Gasteiger partial charge in [0.15, 0.2) is 5.92 Å². The van der Waals surface area contributed by atoms with Gasteiger partial charge in [-0.1, -0.05) is 0 Å². The Morgan fingerprint density at radius 2 is 1.75 bits per heavy atom. The van der Waals surface area contributed by atoms with Crippen LogP contribution in [0.2, 0.25) is 0 Å². The number of carbonyl (C=O) groups excluding carboxylic acids is 2. The fourth-order valence-corrected chi connectivity index (χ4v) is 0.865. The number of cyclic esters (lactones) is 2. The van der Waals surface area contributed by atoms with Crippen molar-refractivity contribution in [1.29, 1.82) is 5.41 Å². The topological polar surface area (TPSA) is 76.5 Å². The van der Waals surface area contributed by atoms with Crippen LogP contribution in [-0.4, -0.2) is 23.9 Å². The Balaban J connectivity index is 2.84. The van der Waals surface area contributed by atoms with Gasteiger partial charge in [0.05, 0.1) is 0 Å². The maximum Gasteiger partial charge on any atom is 0.329 e. The van der Waals surface area contributed by atoms with Crippen molar-refractivity contribution in [2.24, 2.45) is 5.92 Å². The minimum Gasteiger partial charge on any atom is -0.422 e. The van der Waals surface area contributed by atoms with Crippen molar-refractivity contribution in [3.63, 3.8) is 0 Å². The molecule has 0 radical (unpaired) electrons. The first-order valence-electron chi connectivity index (χ1n) is 3.42. The number of esters is 2. The van der Waals surface area contributed by atoms with Gasteiger partial charge in [-0.15, -0.1) is 0 Å². The van der Waals surface area contributed by atoms with E-state index in [1.54, 1.807) is 0 Å². The molecule has 1 fully saturated rings. The lowest BCUT2D eigenvalue weighted by atomic mass is 10.1. The molecule has 0 aliphatic carbocycles. The van der Waals surface area contributed by atoms with Crippen molar-refractivity contribution < 1.29 is 19.1 Å². The van der Waals surface area contributed by atoms with E-state index in [2.05, 4.69) is 0 Å². The first-order valence-corrected chi connectivity index (χ1v) is 3.42. The normalized spacial score (nSPS) is 22.8. The number of hydrogen-bond donors (Lipinski definition) is 1. The lowest BCUT2D eigenvalue weighted by Gasteiger charge is -2.31. The Labute approximate surface area is 69.2 Å². The van der Waals surface area contributed by atoms with Crippen molar-refractivity contribution in [3.8, 4) is 0 Å². The molecule has 1 aliphatic heterocycles. The van der Waals surface area contributed by atoms with Crippen LogP contribution in [0, 0.1) is 11.3 Å². The average Bonchev–Trinajstić information content (AvgIpc) is 1.82. The second kappa shape index (κ2) is 2.58. The fraction of sp³-hybridized carbons (Fsp3) is 0.571. The standard InChI is InChI=1S/C7H9NO4/c1-7(2)11-5(9)4(3-8)6(10)12-7/h3-4,8H,1-2H3. The molecule has 0 atom stereocenters. The number of hydrogen-bond acceptors (Lipinski definition) is 5. The van der Waals surface area contributed by atoms with Crippen molar-refractivity contribution in [3.05, 3.63) is 0 Å². The molecule has 0 amide bonds. The second-order valence-electron chi connectivity index (χ2n) is 2.89. The van der Waals surface area contributed by atoms with E-state index in [1.165, 1.54) is 13.8 Å². The lowest BCUT2D eigenvalue weighted by molar-refractivity contribution is -0.235. The van der Waals surface area contributed by atoms with Gasteiger partial charge in [-0.3, -0.25) is 9.59 Å². The summed E-state index contributed by atoms with van der Waals surface area (Å²) in [7, 11) is 0. The zero-order valence-electron chi connectivity index (χ0n) is 6.79. The molecule has 1 heterocycles. The lowest BCUT2D eigenvalue weighted by Crippen LogP contribution is -2.46. The van der Waals surface area contributed by atoms with Gasteiger partial charge in [-0.2, -0.15) is 0 Å². The Morgan fingerprint density at radius 3 is 2.08 bits per heavy atom. The van der Waals surface area contributed by atoms with Crippen LogP contribution in [0.15, 0.2) is 0 Å². The molecule has 1 aliphatic rings. The summed E-state index contributed by atoms with van der Waals surface area (Å²) in [5.74, 6) is -3.86. The smallest absolute Gasteiger partial charge is 0.329 e. The van der Waals surface area contributed by atoms with Crippen molar-refractivity contribution in [1.82, 2.24) is 0 Å². The molecule has 1 rings (SSSR count). The largest absolute Gasteiger partial charge is 0.422 e. The van der Waals surface area contributed by atoms with E-state index >= 15 is 0 Å². The van der Waals surface area contributed by atoms with Crippen molar-refractivity contribution >= 4 is 18.2 Å². The van der Waals surface area contributed by atoms with Gasteiger partial charge in [0.2, 0.25) is 0 Å². The Bertz CT molecular complexity index is 226. The van der Waals surface area contributed by atoms with Crippen LogP contribution in [0.3, 0.4) is 0 Å². The third-order valence-electron chi connectivity index (χ3n) is 1.37. The van der Waals surface area contributed by atoms with Gasteiger partial charge in [0.25, 0.3) is 5.79 Å².